The average Bonchev–Trinajstić information content (AvgIpc) is 3.10. The van der Waals surface area contributed by atoms with E-state index in [2.05, 4.69) is 36.1 Å². The van der Waals surface area contributed by atoms with Gasteiger partial charge in [0.1, 0.15) is 11.4 Å². The van der Waals surface area contributed by atoms with Gasteiger partial charge in [0.2, 0.25) is 0 Å². The molecule has 0 spiro atoms. The third kappa shape index (κ3) is 3.19. The second-order valence-electron chi connectivity index (χ2n) is 7.02. The van der Waals surface area contributed by atoms with Crippen LogP contribution in [0.1, 0.15) is 30.4 Å². The molecule has 2 nitrogen and oxygen atoms in total. The van der Waals surface area contributed by atoms with E-state index in [9.17, 15) is 4.39 Å². The molecule has 2 heterocycles. The maximum atomic E-state index is 14.2. The molecular formula is C21H21ClFNO. The van der Waals surface area contributed by atoms with Gasteiger partial charge >= 0.3 is 0 Å². The zero-order valence-corrected chi connectivity index (χ0v) is 15.0. The van der Waals surface area contributed by atoms with Crippen LogP contribution in [0.4, 0.5) is 4.39 Å². The molecule has 1 saturated heterocycles. The van der Waals surface area contributed by atoms with Crippen LogP contribution in [-0.4, -0.2) is 18.0 Å². The van der Waals surface area contributed by atoms with Crippen LogP contribution in [0.25, 0.3) is 11.0 Å². The highest BCUT2D eigenvalue weighted by molar-refractivity contribution is 6.35. The molecule has 4 rings (SSSR count). The van der Waals surface area contributed by atoms with Crippen molar-refractivity contribution in [1.82, 2.24) is 4.90 Å². The monoisotopic (exact) mass is 357 g/mol. The number of hydrogen-bond acceptors (Lipinski definition) is 2. The third-order valence-electron chi connectivity index (χ3n) is 5.29. The molecule has 1 aliphatic rings. The Morgan fingerprint density at radius 3 is 2.80 bits per heavy atom. The fourth-order valence-electron chi connectivity index (χ4n) is 4.05. The Labute approximate surface area is 152 Å². The maximum absolute atomic E-state index is 14.2. The van der Waals surface area contributed by atoms with Gasteiger partial charge in [0.25, 0.3) is 0 Å². The quantitative estimate of drug-likeness (QED) is 0.584. The topological polar surface area (TPSA) is 16.4 Å². The van der Waals surface area contributed by atoms with E-state index in [1.807, 2.05) is 6.07 Å². The first kappa shape index (κ1) is 16.6. The largest absolute Gasteiger partial charge is 0.464 e. The molecule has 0 aliphatic carbocycles. The van der Waals surface area contributed by atoms with Gasteiger partial charge in [-0.05, 0) is 42.5 Å². The summed E-state index contributed by atoms with van der Waals surface area (Å²) in [5, 5.41) is 0.831. The highest BCUT2D eigenvalue weighted by Crippen LogP contribution is 2.40. The SMILES string of the molecule is C[C@H]1CN(Cc2ccccc2)CC[C@H]1c1cc(F)c(Cl)c2ccoc12. The Hall–Kier alpha value is -1.84. The molecule has 4 heteroatoms. The van der Waals surface area contributed by atoms with E-state index in [0.717, 1.165) is 37.2 Å². The van der Waals surface area contributed by atoms with Crippen LogP contribution in [-0.2, 0) is 6.54 Å². The molecule has 2 atom stereocenters. The Morgan fingerprint density at radius 1 is 1.24 bits per heavy atom. The lowest BCUT2D eigenvalue weighted by Crippen LogP contribution is -2.38. The predicted octanol–water partition coefficient (Wildman–Crippen LogP) is 5.85. The van der Waals surface area contributed by atoms with E-state index in [1.165, 1.54) is 5.56 Å². The summed E-state index contributed by atoms with van der Waals surface area (Å²) in [4.78, 5) is 2.47. The van der Waals surface area contributed by atoms with Crippen LogP contribution in [0.5, 0.6) is 0 Å². The van der Waals surface area contributed by atoms with Gasteiger partial charge in [0.15, 0.2) is 0 Å². The number of likely N-dealkylation sites (tertiary alicyclic amines) is 1. The van der Waals surface area contributed by atoms with Crippen molar-refractivity contribution < 1.29 is 8.81 Å². The molecule has 0 N–H and O–H groups in total. The Kier molecular flexibility index (Phi) is 4.53. The van der Waals surface area contributed by atoms with Gasteiger partial charge in [-0.3, -0.25) is 4.90 Å². The van der Waals surface area contributed by atoms with Crippen molar-refractivity contribution in [2.75, 3.05) is 13.1 Å². The second-order valence-corrected chi connectivity index (χ2v) is 7.40. The first-order valence-electron chi connectivity index (χ1n) is 8.75. The van der Waals surface area contributed by atoms with Crippen molar-refractivity contribution in [1.29, 1.82) is 0 Å². The number of nitrogens with zero attached hydrogens (tertiary/aromatic N) is 1. The predicted molar refractivity (Wildman–Crippen MR) is 99.4 cm³/mol. The maximum Gasteiger partial charge on any atom is 0.142 e. The summed E-state index contributed by atoms with van der Waals surface area (Å²) in [7, 11) is 0. The molecule has 0 radical (unpaired) electrons. The number of rotatable bonds is 3. The lowest BCUT2D eigenvalue weighted by Gasteiger charge is -2.37. The molecule has 0 unspecified atom stereocenters. The molecule has 2 aromatic carbocycles. The number of piperidine rings is 1. The highest BCUT2D eigenvalue weighted by atomic mass is 35.5. The zero-order chi connectivity index (χ0) is 17.4. The minimum Gasteiger partial charge on any atom is -0.464 e. The molecule has 0 bridgehead atoms. The van der Waals surface area contributed by atoms with Crippen molar-refractivity contribution in [3.63, 3.8) is 0 Å². The summed E-state index contributed by atoms with van der Waals surface area (Å²) in [5.74, 6) is 0.350. The van der Waals surface area contributed by atoms with Crippen LogP contribution in [0.3, 0.4) is 0 Å². The number of benzene rings is 2. The first-order valence-corrected chi connectivity index (χ1v) is 9.12. The molecule has 25 heavy (non-hydrogen) atoms. The van der Waals surface area contributed by atoms with Crippen LogP contribution in [0.2, 0.25) is 5.02 Å². The second kappa shape index (κ2) is 6.81. The molecular weight excluding hydrogens is 337 g/mol. The van der Waals surface area contributed by atoms with Crippen molar-refractivity contribution in [2.24, 2.45) is 5.92 Å². The third-order valence-corrected chi connectivity index (χ3v) is 5.68. The zero-order valence-electron chi connectivity index (χ0n) is 14.2. The molecule has 0 saturated carbocycles. The van der Waals surface area contributed by atoms with E-state index in [1.54, 1.807) is 18.4 Å². The van der Waals surface area contributed by atoms with Gasteiger partial charge in [-0.1, -0.05) is 48.9 Å². The lowest BCUT2D eigenvalue weighted by atomic mass is 9.81. The number of halogens is 2. The summed E-state index contributed by atoms with van der Waals surface area (Å²) in [5.41, 5.74) is 3.02. The van der Waals surface area contributed by atoms with Crippen LogP contribution in [0, 0.1) is 11.7 Å². The summed E-state index contributed by atoms with van der Waals surface area (Å²) >= 11 is 6.08. The van der Waals surface area contributed by atoms with Crippen molar-refractivity contribution in [3.05, 3.63) is 70.7 Å². The smallest absolute Gasteiger partial charge is 0.142 e. The molecule has 1 fully saturated rings. The summed E-state index contributed by atoms with van der Waals surface area (Å²) in [6.07, 6.45) is 2.58. The molecule has 0 amide bonds. The van der Waals surface area contributed by atoms with Gasteiger partial charge < -0.3 is 4.42 Å². The standard InChI is InChI=1S/C21H21ClFNO/c1-14-12-24(13-15-5-3-2-4-6-15)9-7-16(14)18-11-19(23)20(22)17-8-10-25-21(17)18/h2-6,8,10-11,14,16H,7,9,12-13H2,1H3/t14-,16+/m0/s1. The van der Waals surface area contributed by atoms with Gasteiger partial charge in [0, 0.05) is 24.0 Å². The fourth-order valence-corrected chi connectivity index (χ4v) is 4.26. The molecule has 3 aromatic rings. The summed E-state index contributed by atoms with van der Waals surface area (Å²) in [6, 6.07) is 13.9. The van der Waals surface area contributed by atoms with Crippen molar-refractivity contribution >= 4 is 22.6 Å². The van der Waals surface area contributed by atoms with E-state index < -0.39 is 0 Å². The van der Waals surface area contributed by atoms with Gasteiger partial charge in [-0.15, -0.1) is 0 Å². The van der Waals surface area contributed by atoms with Gasteiger partial charge in [-0.2, -0.15) is 0 Å². The Bertz CT molecular complexity index is 876. The molecule has 1 aliphatic heterocycles. The molecule has 1 aromatic heterocycles. The van der Waals surface area contributed by atoms with E-state index >= 15 is 0 Å². The summed E-state index contributed by atoms with van der Waals surface area (Å²) in [6.45, 7) is 5.19. The number of furan rings is 1. The Morgan fingerprint density at radius 2 is 2.04 bits per heavy atom. The van der Waals surface area contributed by atoms with E-state index in [-0.39, 0.29) is 16.8 Å². The average molecular weight is 358 g/mol. The first-order chi connectivity index (χ1) is 12.1. The van der Waals surface area contributed by atoms with Gasteiger partial charge in [-0.25, -0.2) is 4.39 Å². The number of hydrogen-bond donors (Lipinski definition) is 0. The fraction of sp³-hybridized carbons (Fsp3) is 0.333. The highest BCUT2D eigenvalue weighted by Gasteiger charge is 2.30. The molecule has 130 valence electrons. The van der Waals surface area contributed by atoms with Crippen molar-refractivity contribution in [2.45, 2.75) is 25.8 Å². The minimum absolute atomic E-state index is 0.154. The van der Waals surface area contributed by atoms with Crippen molar-refractivity contribution in [3.8, 4) is 0 Å². The Balaban J connectivity index is 1.56. The van der Waals surface area contributed by atoms with E-state index in [0.29, 0.717) is 11.3 Å². The minimum atomic E-state index is -0.357. The van der Waals surface area contributed by atoms with Crippen LogP contribution in [0.15, 0.2) is 53.1 Å². The van der Waals surface area contributed by atoms with Gasteiger partial charge in [0.05, 0.1) is 11.3 Å². The lowest BCUT2D eigenvalue weighted by molar-refractivity contribution is 0.156. The number of fused-ring (bicyclic) bond motifs is 1. The normalized spacial score (nSPS) is 21.7. The summed E-state index contributed by atoms with van der Waals surface area (Å²) < 4.78 is 19.9. The van der Waals surface area contributed by atoms with Crippen LogP contribution >= 0.6 is 11.6 Å². The van der Waals surface area contributed by atoms with Crippen LogP contribution < -0.4 is 0 Å². The van der Waals surface area contributed by atoms with E-state index in [4.69, 9.17) is 16.0 Å².